The molecule has 0 fully saturated rings. The molecule has 0 aromatic heterocycles. The summed E-state index contributed by atoms with van der Waals surface area (Å²) in [6.45, 7) is 7.23. The summed E-state index contributed by atoms with van der Waals surface area (Å²) in [7, 11) is 0. The van der Waals surface area contributed by atoms with Gasteiger partial charge < -0.3 is 15.6 Å². The standard InChI is InChI=1S/C8H17NO3/c1-5(6(9)7(10)11)12-8(2,3)4/h5-6H,9H2,1-4H3,(H,10,11)/t5?,6-/m0/s1. The van der Waals surface area contributed by atoms with Crippen molar-refractivity contribution in [2.24, 2.45) is 5.73 Å². The fraction of sp³-hybridized carbons (Fsp3) is 0.875. The number of aliphatic carboxylic acids is 1. The second kappa shape index (κ2) is 3.87. The Kier molecular flexibility index (Phi) is 3.67. The van der Waals surface area contributed by atoms with E-state index in [1.807, 2.05) is 20.8 Å². The minimum atomic E-state index is -1.04. The Morgan fingerprint density at radius 2 is 1.92 bits per heavy atom. The average molecular weight is 175 g/mol. The molecule has 0 aromatic rings. The molecule has 0 aliphatic carbocycles. The van der Waals surface area contributed by atoms with Crippen molar-refractivity contribution in [1.29, 1.82) is 0 Å². The molecule has 0 rings (SSSR count). The first kappa shape index (κ1) is 11.4. The Labute approximate surface area is 72.7 Å². The molecule has 0 aliphatic heterocycles. The van der Waals surface area contributed by atoms with E-state index in [4.69, 9.17) is 15.6 Å². The van der Waals surface area contributed by atoms with Crippen LogP contribution < -0.4 is 5.73 Å². The van der Waals surface area contributed by atoms with E-state index in [9.17, 15) is 4.79 Å². The summed E-state index contributed by atoms with van der Waals surface area (Å²) >= 11 is 0. The molecular weight excluding hydrogens is 158 g/mol. The van der Waals surface area contributed by atoms with Crippen molar-refractivity contribution in [1.82, 2.24) is 0 Å². The van der Waals surface area contributed by atoms with Crippen LogP contribution in [0.2, 0.25) is 0 Å². The Balaban J connectivity index is 4.04. The first-order chi connectivity index (χ1) is 5.24. The lowest BCUT2D eigenvalue weighted by molar-refractivity contribution is -0.145. The van der Waals surface area contributed by atoms with Crippen molar-refractivity contribution >= 4 is 5.97 Å². The third-order valence-corrected chi connectivity index (χ3v) is 1.33. The molecule has 72 valence electrons. The van der Waals surface area contributed by atoms with E-state index < -0.39 is 18.1 Å². The van der Waals surface area contributed by atoms with Crippen LogP contribution in [-0.4, -0.2) is 28.8 Å². The van der Waals surface area contributed by atoms with Gasteiger partial charge in [0.2, 0.25) is 0 Å². The molecule has 1 unspecified atom stereocenters. The number of carboxylic acid groups (broad SMARTS) is 1. The van der Waals surface area contributed by atoms with Gasteiger partial charge in [-0.25, -0.2) is 0 Å². The molecule has 0 radical (unpaired) electrons. The summed E-state index contributed by atoms with van der Waals surface area (Å²) in [6.07, 6.45) is -0.470. The predicted octanol–water partition coefficient (Wildman–Crippen LogP) is 0.602. The summed E-state index contributed by atoms with van der Waals surface area (Å²) in [6, 6.07) is -0.954. The maximum atomic E-state index is 10.4. The fourth-order valence-electron chi connectivity index (χ4n) is 0.832. The molecule has 12 heavy (non-hydrogen) atoms. The zero-order chi connectivity index (χ0) is 9.94. The van der Waals surface area contributed by atoms with E-state index in [1.54, 1.807) is 6.92 Å². The van der Waals surface area contributed by atoms with Gasteiger partial charge in [0.25, 0.3) is 0 Å². The first-order valence-corrected chi connectivity index (χ1v) is 3.90. The van der Waals surface area contributed by atoms with E-state index in [0.29, 0.717) is 0 Å². The minimum absolute atomic E-state index is 0.355. The molecule has 0 spiro atoms. The number of carboxylic acids is 1. The molecule has 4 heteroatoms. The van der Waals surface area contributed by atoms with E-state index >= 15 is 0 Å². The lowest BCUT2D eigenvalue weighted by Gasteiger charge is -2.26. The number of nitrogens with two attached hydrogens (primary N) is 1. The van der Waals surface area contributed by atoms with Crippen molar-refractivity contribution in [3.8, 4) is 0 Å². The second-order valence-corrected chi connectivity index (χ2v) is 3.80. The van der Waals surface area contributed by atoms with Crippen molar-refractivity contribution in [2.75, 3.05) is 0 Å². The van der Waals surface area contributed by atoms with Gasteiger partial charge in [0.15, 0.2) is 0 Å². The zero-order valence-electron chi connectivity index (χ0n) is 8.00. The molecule has 0 amide bonds. The molecule has 0 aliphatic rings. The van der Waals surface area contributed by atoms with Crippen LogP contribution in [0.3, 0.4) is 0 Å². The van der Waals surface area contributed by atoms with Crippen molar-refractivity contribution in [2.45, 2.75) is 45.4 Å². The van der Waals surface area contributed by atoms with Crippen LogP contribution in [0.25, 0.3) is 0 Å². The van der Waals surface area contributed by atoms with E-state index in [0.717, 1.165) is 0 Å². The Bertz CT molecular complexity index is 162. The van der Waals surface area contributed by atoms with Crippen LogP contribution >= 0.6 is 0 Å². The number of hydrogen-bond donors (Lipinski definition) is 2. The average Bonchev–Trinajstić information content (AvgIpc) is 1.82. The van der Waals surface area contributed by atoms with Crippen molar-refractivity contribution in [3.05, 3.63) is 0 Å². The first-order valence-electron chi connectivity index (χ1n) is 3.90. The summed E-state index contributed by atoms with van der Waals surface area (Å²) in [5.41, 5.74) is 4.99. The van der Waals surface area contributed by atoms with Crippen LogP contribution in [0.15, 0.2) is 0 Å². The van der Waals surface area contributed by atoms with Gasteiger partial charge in [-0.15, -0.1) is 0 Å². The minimum Gasteiger partial charge on any atom is -0.480 e. The number of rotatable bonds is 3. The molecule has 0 saturated carbocycles. The number of hydrogen-bond acceptors (Lipinski definition) is 3. The monoisotopic (exact) mass is 175 g/mol. The topological polar surface area (TPSA) is 72.5 Å². The van der Waals surface area contributed by atoms with Crippen LogP contribution in [-0.2, 0) is 9.53 Å². The summed E-state index contributed by atoms with van der Waals surface area (Å²) < 4.78 is 5.35. The quantitative estimate of drug-likeness (QED) is 0.659. The molecule has 4 nitrogen and oxygen atoms in total. The molecular formula is C8H17NO3. The largest absolute Gasteiger partial charge is 0.480 e. The normalized spacial score (nSPS) is 17.1. The maximum Gasteiger partial charge on any atom is 0.323 e. The van der Waals surface area contributed by atoms with Gasteiger partial charge in [-0.05, 0) is 27.7 Å². The summed E-state index contributed by atoms with van der Waals surface area (Å²) in [4.78, 5) is 10.4. The van der Waals surface area contributed by atoms with E-state index in [1.165, 1.54) is 0 Å². The predicted molar refractivity (Wildman–Crippen MR) is 45.9 cm³/mol. The van der Waals surface area contributed by atoms with Crippen molar-refractivity contribution < 1.29 is 14.6 Å². The van der Waals surface area contributed by atoms with Gasteiger partial charge in [0.1, 0.15) is 6.04 Å². The molecule has 0 heterocycles. The van der Waals surface area contributed by atoms with E-state index in [2.05, 4.69) is 0 Å². The van der Waals surface area contributed by atoms with Crippen LogP contribution in [0, 0.1) is 0 Å². The van der Waals surface area contributed by atoms with Gasteiger partial charge >= 0.3 is 5.97 Å². The van der Waals surface area contributed by atoms with Gasteiger partial charge in [-0.3, -0.25) is 4.79 Å². The number of carbonyl (C=O) groups is 1. The Hall–Kier alpha value is -0.610. The molecule has 3 N–H and O–H groups in total. The van der Waals surface area contributed by atoms with Gasteiger partial charge in [-0.2, -0.15) is 0 Å². The third-order valence-electron chi connectivity index (χ3n) is 1.33. The van der Waals surface area contributed by atoms with Gasteiger partial charge in [0.05, 0.1) is 11.7 Å². The lowest BCUT2D eigenvalue weighted by atomic mass is 10.1. The highest BCUT2D eigenvalue weighted by atomic mass is 16.5. The summed E-state index contributed by atoms with van der Waals surface area (Å²) in [5, 5.41) is 8.54. The fourth-order valence-corrected chi connectivity index (χ4v) is 0.832. The molecule has 0 bridgehead atoms. The van der Waals surface area contributed by atoms with Gasteiger partial charge in [0, 0.05) is 0 Å². The SMILES string of the molecule is CC(OC(C)(C)C)[C@H](N)C(=O)O. The third kappa shape index (κ3) is 4.31. The maximum absolute atomic E-state index is 10.4. The zero-order valence-corrected chi connectivity index (χ0v) is 8.00. The van der Waals surface area contributed by atoms with Gasteiger partial charge in [-0.1, -0.05) is 0 Å². The second-order valence-electron chi connectivity index (χ2n) is 3.80. The summed E-state index contributed by atoms with van der Waals surface area (Å²) in [5.74, 6) is -1.04. The van der Waals surface area contributed by atoms with Crippen molar-refractivity contribution in [3.63, 3.8) is 0 Å². The van der Waals surface area contributed by atoms with E-state index in [-0.39, 0.29) is 5.60 Å². The highest BCUT2D eigenvalue weighted by Crippen LogP contribution is 2.11. The molecule has 0 saturated heterocycles. The highest BCUT2D eigenvalue weighted by Gasteiger charge is 2.24. The van der Waals surface area contributed by atoms with Crippen LogP contribution in [0.4, 0.5) is 0 Å². The smallest absolute Gasteiger partial charge is 0.323 e. The van der Waals surface area contributed by atoms with Crippen LogP contribution in [0.1, 0.15) is 27.7 Å². The van der Waals surface area contributed by atoms with Crippen LogP contribution in [0.5, 0.6) is 0 Å². The molecule has 2 atom stereocenters. The Morgan fingerprint density at radius 3 is 2.17 bits per heavy atom. The molecule has 0 aromatic carbocycles. The Morgan fingerprint density at radius 1 is 1.50 bits per heavy atom. The lowest BCUT2D eigenvalue weighted by Crippen LogP contribution is -2.44. The number of ether oxygens (including phenoxy) is 1. The highest BCUT2D eigenvalue weighted by molar-refractivity contribution is 5.73.